The normalized spacial score (nSPS) is 23.6. The maximum absolute atomic E-state index is 7.20. The summed E-state index contributed by atoms with van der Waals surface area (Å²) in [6, 6.07) is -0.132. The first-order valence-electron chi connectivity index (χ1n) is 3.57. The molecule has 1 atom stereocenters. The van der Waals surface area contributed by atoms with Gasteiger partial charge in [0.05, 0.1) is 6.04 Å². The van der Waals surface area contributed by atoms with Crippen molar-refractivity contribution in [2.75, 3.05) is 6.54 Å². The van der Waals surface area contributed by atoms with Crippen LogP contribution in [0.3, 0.4) is 0 Å². The molecular weight excluding hydrogens is 142 g/mol. The molecule has 6 N–H and O–H groups in total. The van der Waals surface area contributed by atoms with Crippen molar-refractivity contribution in [1.29, 1.82) is 10.8 Å². The minimum Gasteiger partial charge on any atom is -0.386 e. The van der Waals surface area contributed by atoms with Crippen LogP contribution in [0.2, 0.25) is 0 Å². The van der Waals surface area contributed by atoms with Crippen molar-refractivity contribution >= 4 is 11.8 Å². The molecule has 0 bridgehead atoms. The molecule has 0 aromatic carbocycles. The molecular formula is C6H13N5. The Hall–Kier alpha value is -1.26. The van der Waals surface area contributed by atoms with Gasteiger partial charge in [-0.05, 0) is 12.8 Å². The van der Waals surface area contributed by atoms with Crippen molar-refractivity contribution in [3.05, 3.63) is 0 Å². The van der Waals surface area contributed by atoms with Gasteiger partial charge < -0.3 is 16.4 Å². The highest BCUT2D eigenvalue weighted by Crippen LogP contribution is 2.15. The predicted octanol–water partition coefficient (Wildman–Crippen LogP) is -0.720. The lowest BCUT2D eigenvalue weighted by atomic mass is 10.2. The number of nitrogens with one attached hydrogen (secondary N) is 2. The third kappa shape index (κ3) is 1.42. The minimum absolute atomic E-state index is 0.0164. The molecule has 0 radical (unpaired) electrons. The Bertz CT molecular complexity index is 167. The van der Waals surface area contributed by atoms with E-state index in [1.165, 1.54) is 0 Å². The summed E-state index contributed by atoms with van der Waals surface area (Å²) < 4.78 is 0. The molecule has 11 heavy (non-hydrogen) atoms. The van der Waals surface area contributed by atoms with Crippen molar-refractivity contribution in [3.8, 4) is 0 Å². The average Bonchev–Trinajstić information content (AvgIpc) is 2.32. The first kappa shape index (κ1) is 7.84. The number of hydrogen-bond donors (Lipinski definition) is 4. The highest BCUT2D eigenvalue weighted by Gasteiger charge is 2.27. The zero-order valence-electron chi connectivity index (χ0n) is 6.30. The predicted molar refractivity (Wildman–Crippen MR) is 43.6 cm³/mol. The maximum Gasteiger partial charge on any atom is 0.189 e. The van der Waals surface area contributed by atoms with E-state index in [0.717, 1.165) is 19.4 Å². The number of hydrogen-bond acceptors (Lipinski definition) is 2. The zero-order chi connectivity index (χ0) is 8.43. The summed E-state index contributed by atoms with van der Waals surface area (Å²) in [5, 5.41) is 14.4. The second kappa shape index (κ2) is 2.77. The van der Waals surface area contributed by atoms with Gasteiger partial charge in [0.15, 0.2) is 5.96 Å². The van der Waals surface area contributed by atoms with Crippen LogP contribution in [0.1, 0.15) is 12.8 Å². The van der Waals surface area contributed by atoms with Crippen molar-refractivity contribution in [2.24, 2.45) is 11.5 Å². The molecule has 5 nitrogen and oxygen atoms in total. The van der Waals surface area contributed by atoms with Crippen LogP contribution in [0.25, 0.3) is 0 Å². The van der Waals surface area contributed by atoms with Gasteiger partial charge in [0.1, 0.15) is 5.84 Å². The fourth-order valence-corrected chi connectivity index (χ4v) is 1.38. The van der Waals surface area contributed by atoms with Crippen LogP contribution in [-0.4, -0.2) is 29.3 Å². The van der Waals surface area contributed by atoms with Crippen LogP contribution in [0, 0.1) is 10.8 Å². The number of rotatable bonds is 1. The highest BCUT2D eigenvalue weighted by molar-refractivity contribution is 5.88. The summed E-state index contributed by atoms with van der Waals surface area (Å²) in [5.74, 6) is 0.125. The Balaban J connectivity index is 2.65. The quantitative estimate of drug-likeness (QED) is 0.297. The van der Waals surface area contributed by atoms with E-state index >= 15 is 0 Å². The number of nitrogens with two attached hydrogens (primary N) is 2. The summed E-state index contributed by atoms with van der Waals surface area (Å²) >= 11 is 0. The van der Waals surface area contributed by atoms with E-state index in [1.807, 2.05) is 0 Å². The third-order valence-electron chi connectivity index (χ3n) is 1.92. The fourth-order valence-electron chi connectivity index (χ4n) is 1.38. The van der Waals surface area contributed by atoms with E-state index in [9.17, 15) is 0 Å². The van der Waals surface area contributed by atoms with Gasteiger partial charge in [0.2, 0.25) is 0 Å². The van der Waals surface area contributed by atoms with E-state index in [4.69, 9.17) is 22.3 Å². The smallest absolute Gasteiger partial charge is 0.189 e. The van der Waals surface area contributed by atoms with Gasteiger partial charge in [-0.3, -0.25) is 10.8 Å². The lowest BCUT2D eigenvalue weighted by molar-refractivity contribution is 0.455. The Kier molecular flexibility index (Phi) is 1.98. The second-order valence-electron chi connectivity index (χ2n) is 2.69. The summed E-state index contributed by atoms with van der Waals surface area (Å²) in [6.07, 6.45) is 1.80. The van der Waals surface area contributed by atoms with Gasteiger partial charge in [-0.25, -0.2) is 0 Å². The summed E-state index contributed by atoms with van der Waals surface area (Å²) in [5.41, 5.74) is 10.6. The Morgan fingerprint density at radius 2 is 2.00 bits per heavy atom. The number of amidine groups is 1. The molecule has 1 aliphatic heterocycles. The Morgan fingerprint density at radius 1 is 1.36 bits per heavy atom. The van der Waals surface area contributed by atoms with Crippen molar-refractivity contribution in [1.82, 2.24) is 4.90 Å². The average molecular weight is 155 g/mol. The van der Waals surface area contributed by atoms with E-state index in [2.05, 4.69) is 0 Å². The standard InChI is InChI=1S/C6H13N5/c7-5(8)4-2-1-3-11(4)6(9)10/h4H,1-3H2,(H3,7,8)(H3,9,10). The van der Waals surface area contributed by atoms with Crippen LogP contribution in [0.15, 0.2) is 0 Å². The number of nitrogens with zero attached hydrogens (tertiary/aromatic N) is 1. The lowest BCUT2D eigenvalue weighted by Crippen LogP contribution is -2.46. The second-order valence-corrected chi connectivity index (χ2v) is 2.69. The van der Waals surface area contributed by atoms with Gasteiger partial charge in [-0.15, -0.1) is 0 Å². The van der Waals surface area contributed by atoms with Crippen LogP contribution < -0.4 is 11.5 Å². The molecule has 0 spiro atoms. The zero-order valence-corrected chi connectivity index (χ0v) is 6.30. The Labute approximate surface area is 65.4 Å². The van der Waals surface area contributed by atoms with Crippen molar-refractivity contribution < 1.29 is 0 Å². The van der Waals surface area contributed by atoms with Gasteiger partial charge in [0, 0.05) is 6.54 Å². The molecule has 1 heterocycles. The van der Waals surface area contributed by atoms with Crippen molar-refractivity contribution in [2.45, 2.75) is 18.9 Å². The van der Waals surface area contributed by atoms with Gasteiger partial charge >= 0.3 is 0 Å². The maximum atomic E-state index is 7.20. The van der Waals surface area contributed by atoms with Crippen LogP contribution in [0.5, 0.6) is 0 Å². The monoisotopic (exact) mass is 155 g/mol. The molecule has 5 heteroatoms. The van der Waals surface area contributed by atoms with Gasteiger partial charge in [-0.2, -0.15) is 0 Å². The molecule has 62 valence electrons. The molecule has 1 rings (SSSR count). The first-order chi connectivity index (χ1) is 5.13. The van der Waals surface area contributed by atoms with Crippen LogP contribution in [-0.2, 0) is 0 Å². The van der Waals surface area contributed by atoms with Gasteiger partial charge in [-0.1, -0.05) is 0 Å². The fraction of sp³-hybridized carbons (Fsp3) is 0.667. The summed E-state index contributed by atoms with van der Waals surface area (Å²) in [4.78, 5) is 1.66. The first-order valence-corrected chi connectivity index (χ1v) is 3.57. The largest absolute Gasteiger partial charge is 0.386 e. The molecule has 0 aromatic heterocycles. The summed E-state index contributed by atoms with van der Waals surface area (Å²) in [6.45, 7) is 0.750. The number of likely N-dealkylation sites (tertiary alicyclic amines) is 1. The topological polar surface area (TPSA) is 103 Å². The molecule has 1 saturated heterocycles. The lowest BCUT2D eigenvalue weighted by Gasteiger charge is -2.22. The van der Waals surface area contributed by atoms with Crippen molar-refractivity contribution in [3.63, 3.8) is 0 Å². The van der Waals surface area contributed by atoms with E-state index in [0.29, 0.717) is 0 Å². The van der Waals surface area contributed by atoms with E-state index < -0.39 is 0 Å². The van der Waals surface area contributed by atoms with Gasteiger partial charge in [0.25, 0.3) is 0 Å². The van der Waals surface area contributed by atoms with E-state index in [1.54, 1.807) is 4.90 Å². The minimum atomic E-state index is -0.132. The van der Waals surface area contributed by atoms with Crippen LogP contribution >= 0.6 is 0 Å². The molecule has 0 aliphatic carbocycles. The van der Waals surface area contributed by atoms with Crippen LogP contribution in [0.4, 0.5) is 0 Å². The Morgan fingerprint density at radius 3 is 2.36 bits per heavy atom. The highest BCUT2D eigenvalue weighted by atomic mass is 15.3. The molecule has 1 unspecified atom stereocenters. The van der Waals surface area contributed by atoms with E-state index in [-0.39, 0.29) is 17.8 Å². The molecule has 0 saturated carbocycles. The molecule has 1 aliphatic rings. The number of guanidine groups is 1. The third-order valence-corrected chi connectivity index (χ3v) is 1.92. The molecule has 0 aromatic rings. The molecule has 1 fully saturated rings. The SMILES string of the molecule is N=C(N)C1CCCN1C(=N)N. The summed E-state index contributed by atoms with van der Waals surface area (Å²) in [7, 11) is 0. The molecule has 0 amide bonds.